The van der Waals surface area contributed by atoms with Crippen molar-refractivity contribution in [2.24, 2.45) is 4.99 Å². The molecule has 0 spiro atoms. The lowest BCUT2D eigenvalue weighted by atomic mass is 10.3. The van der Waals surface area contributed by atoms with E-state index >= 15 is 0 Å². The molecule has 0 N–H and O–H groups in total. The van der Waals surface area contributed by atoms with Crippen LogP contribution in [-0.4, -0.2) is 15.7 Å². The smallest absolute Gasteiger partial charge is 0.267 e. The minimum Gasteiger partial charge on any atom is -0.267 e. The number of nitrogens with zero attached hydrogens (tertiary/aromatic N) is 3. The zero-order valence-corrected chi connectivity index (χ0v) is 10.0. The molecule has 2 rings (SSSR count). The van der Waals surface area contributed by atoms with Crippen LogP contribution in [0.4, 0.5) is 0 Å². The van der Waals surface area contributed by atoms with E-state index in [-0.39, 0.29) is 5.91 Å². The van der Waals surface area contributed by atoms with Crippen molar-refractivity contribution in [2.75, 3.05) is 0 Å². The van der Waals surface area contributed by atoms with Gasteiger partial charge in [-0.25, -0.2) is 9.67 Å². The first-order valence-corrected chi connectivity index (χ1v) is 5.61. The summed E-state index contributed by atoms with van der Waals surface area (Å²) in [5.74, 6) is -0.281. The van der Waals surface area contributed by atoms with Gasteiger partial charge >= 0.3 is 0 Å². The van der Waals surface area contributed by atoms with Crippen molar-refractivity contribution in [1.82, 2.24) is 9.78 Å². The first-order chi connectivity index (χ1) is 8.79. The van der Waals surface area contributed by atoms with Gasteiger partial charge in [0.05, 0.1) is 17.2 Å². The molecule has 0 aliphatic carbocycles. The van der Waals surface area contributed by atoms with E-state index in [2.05, 4.69) is 10.1 Å². The third-order valence-corrected chi connectivity index (χ3v) is 2.27. The molecule has 4 heteroatoms. The van der Waals surface area contributed by atoms with Gasteiger partial charge in [0.25, 0.3) is 5.91 Å². The fourth-order valence-electron chi connectivity index (χ4n) is 1.46. The molecule has 4 nitrogen and oxygen atoms in total. The molecule has 1 aromatic heterocycles. The Bertz CT molecular complexity index is 606. The van der Waals surface area contributed by atoms with E-state index in [1.807, 2.05) is 30.3 Å². The summed E-state index contributed by atoms with van der Waals surface area (Å²) >= 11 is 0. The summed E-state index contributed by atoms with van der Waals surface area (Å²) in [6.45, 7) is 1.78. The van der Waals surface area contributed by atoms with Crippen LogP contribution in [0, 0.1) is 0 Å². The quantitative estimate of drug-likeness (QED) is 0.751. The highest BCUT2D eigenvalue weighted by Gasteiger charge is 1.94. The minimum atomic E-state index is -0.281. The number of carbonyl (C=O) groups is 1. The molecule has 0 saturated carbocycles. The van der Waals surface area contributed by atoms with Gasteiger partial charge in [0, 0.05) is 12.3 Å². The van der Waals surface area contributed by atoms with Gasteiger partial charge in [-0.3, -0.25) is 4.79 Å². The third-order valence-electron chi connectivity index (χ3n) is 2.27. The van der Waals surface area contributed by atoms with E-state index < -0.39 is 0 Å². The molecule has 1 aromatic carbocycles. The van der Waals surface area contributed by atoms with Crippen molar-refractivity contribution in [1.29, 1.82) is 0 Å². The largest absolute Gasteiger partial charge is 0.269 e. The summed E-state index contributed by atoms with van der Waals surface area (Å²) in [6.07, 6.45) is 6.41. The average Bonchev–Trinajstić information content (AvgIpc) is 2.41. The van der Waals surface area contributed by atoms with Crippen LogP contribution in [0.25, 0.3) is 5.69 Å². The monoisotopic (exact) mass is 239 g/mol. The highest BCUT2D eigenvalue weighted by Crippen LogP contribution is 2.02. The highest BCUT2D eigenvalue weighted by atomic mass is 16.1. The van der Waals surface area contributed by atoms with Crippen molar-refractivity contribution in [3.63, 3.8) is 0 Å². The molecule has 0 bridgehead atoms. The third kappa shape index (κ3) is 3.01. The zero-order valence-electron chi connectivity index (χ0n) is 10.0. The Labute approximate surface area is 105 Å². The highest BCUT2D eigenvalue weighted by molar-refractivity contribution is 5.88. The van der Waals surface area contributed by atoms with Crippen LogP contribution in [0.15, 0.2) is 65.9 Å². The molecule has 0 unspecified atom stereocenters. The number of hydrogen-bond donors (Lipinski definition) is 0. The zero-order chi connectivity index (χ0) is 12.8. The molecule has 0 atom stereocenters. The van der Waals surface area contributed by atoms with E-state index in [1.54, 1.807) is 36.1 Å². The molecule has 0 saturated heterocycles. The normalized spacial score (nSPS) is 11.9. The van der Waals surface area contributed by atoms with E-state index in [9.17, 15) is 4.79 Å². The van der Waals surface area contributed by atoms with E-state index in [0.29, 0.717) is 5.36 Å². The van der Waals surface area contributed by atoms with Crippen molar-refractivity contribution in [3.05, 3.63) is 66.3 Å². The number of hydrogen-bond acceptors (Lipinski definition) is 2. The maximum absolute atomic E-state index is 11.3. The number of carbonyl (C=O) groups excluding carboxylic acids is 1. The van der Waals surface area contributed by atoms with Crippen LogP contribution in [0.3, 0.4) is 0 Å². The van der Waals surface area contributed by atoms with Crippen molar-refractivity contribution in [2.45, 2.75) is 6.92 Å². The minimum absolute atomic E-state index is 0.281. The van der Waals surface area contributed by atoms with Crippen LogP contribution in [-0.2, 0) is 4.79 Å². The number of benzene rings is 1. The molecule has 1 heterocycles. The molecular formula is C14H13N3O. The molecule has 0 aliphatic heterocycles. The SMILES string of the molecule is C/C=C/C(=O)N=c1ccn(-c2ccccc2)nc1. The number of aromatic nitrogens is 2. The summed E-state index contributed by atoms with van der Waals surface area (Å²) in [7, 11) is 0. The fraction of sp³-hybridized carbons (Fsp3) is 0.0714. The van der Waals surface area contributed by atoms with Gasteiger partial charge in [0.2, 0.25) is 0 Å². The maximum Gasteiger partial charge on any atom is 0.269 e. The van der Waals surface area contributed by atoms with Crippen LogP contribution in [0.5, 0.6) is 0 Å². The lowest BCUT2D eigenvalue weighted by Gasteiger charge is -2.02. The number of amides is 1. The summed E-state index contributed by atoms with van der Waals surface area (Å²) in [6, 6.07) is 11.5. The van der Waals surface area contributed by atoms with Crippen molar-refractivity contribution >= 4 is 5.91 Å². The van der Waals surface area contributed by atoms with E-state index in [0.717, 1.165) is 5.69 Å². The Kier molecular flexibility index (Phi) is 3.81. The topological polar surface area (TPSA) is 47.2 Å². The average molecular weight is 239 g/mol. The molecule has 18 heavy (non-hydrogen) atoms. The molecule has 2 aromatic rings. The van der Waals surface area contributed by atoms with Crippen LogP contribution >= 0.6 is 0 Å². The molecular weight excluding hydrogens is 226 g/mol. The molecule has 0 radical (unpaired) electrons. The van der Waals surface area contributed by atoms with Gasteiger partial charge in [-0.2, -0.15) is 5.10 Å². The lowest BCUT2D eigenvalue weighted by Crippen LogP contribution is -2.10. The first kappa shape index (κ1) is 12.0. The molecule has 1 amide bonds. The summed E-state index contributed by atoms with van der Waals surface area (Å²) in [4.78, 5) is 15.2. The molecule has 90 valence electrons. The Morgan fingerprint density at radius 2 is 2.06 bits per heavy atom. The second-order valence-corrected chi connectivity index (χ2v) is 3.62. The van der Waals surface area contributed by atoms with Crippen LogP contribution in [0.2, 0.25) is 0 Å². The fourth-order valence-corrected chi connectivity index (χ4v) is 1.46. The van der Waals surface area contributed by atoms with Gasteiger partial charge in [0.15, 0.2) is 0 Å². The van der Waals surface area contributed by atoms with Crippen LogP contribution < -0.4 is 5.36 Å². The predicted molar refractivity (Wildman–Crippen MR) is 68.9 cm³/mol. The van der Waals surface area contributed by atoms with Crippen molar-refractivity contribution < 1.29 is 4.79 Å². The number of rotatable bonds is 2. The van der Waals surface area contributed by atoms with Gasteiger partial charge < -0.3 is 0 Å². The Balaban J connectivity index is 2.29. The Hall–Kier alpha value is -2.49. The van der Waals surface area contributed by atoms with Gasteiger partial charge in [-0.15, -0.1) is 0 Å². The van der Waals surface area contributed by atoms with E-state index in [4.69, 9.17) is 0 Å². The second-order valence-electron chi connectivity index (χ2n) is 3.62. The summed E-state index contributed by atoms with van der Waals surface area (Å²) < 4.78 is 1.72. The van der Waals surface area contributed by atoms with Crippen LogP contribution in [0.1, 0.15) is 6.92 Å². The van der Waals surface area contributed by atoms with Gasteiger partial charge in [-0.1, -0.05) is 24.3 Å². The maximum atomic E-state index is 11.3. The lowest BCUT2D eigenvalue weighted by molar-refractivity contribution is -0.113. The first-order valence-electron chi connectivity index (χ1n) is 5.61. The predicted octanol–water partition coefficient (Wildman–Crippen LogP) is 1.88. The number of allylic oxidation sites excluding steroid dienone is 1. The summed E-state index contributed by atoms with van der Waals surface area (Å²) in [5, 5.41) is 4.76. The molecule has 0 fully saturated rings. The van der Waals surface area contributed by atoms with Gasteiger partial charge in [-0.05, 0) is 25.1 Å². The standard InChI is InChI=1S/C14H13N3O/c1-2-6-14(18)16-12-9-10-17(15-11-12)13-7-4-3-5-8-13/h2-11H,1H3/b6-2+,16-12?. The molecule has 0 aliphatic rings. The second kappa shape index (κ2) is 5.72. The summed E-state index contributed by atoms with van der Waals surface area (Å²) in [5.41, 5.74) is 0.962. The Morgan fingerprint density at radius 1 is 1.28 bits per heavy atom. The van der Waals surface area contributed by atoms with E-state index in [1.165, 1.54) is 6.08 Å². The number of para-hydroxylation sites is 1. The van der Waals surface area contributed by atoms with Gasteiger partial charge in [0.1, 0.15) is 0 Å². The Morgan fingerprint density at radius 3 is 2.67 bits per heavy atom. The van der Waals surface area contributed by atoms with Crippen molar-refractivity contribution in [3.8, 4) is 5.69 Å².